The van der Waals surface area contributed by atoms with Crippen molar-refractivity contribution in [3.63, 3.8) is 0 Å². The van der Waals surface area contributed by atoms with E-state index < -0.39 is 0 Å². The van der Waals surface area contributed by atoms with Gasteiger partial charge in [-0.15, -0.1) is 12.4 Å². The Morgan fingerprint density at radius 3 is 1.81 bits per heavy atom. The standard InChI is InChI=1S/C14H25N.ClH/c1-3-13(15-2)14-7-10-4-11(8-14)6-12(5-10)9-14;/h10-13,15H,3-9H2,1-2H3;1H. The molecule has 0 amide bonds. The molecule has 4 aliphatic rings. The molecule has 0 aromatic carbocycles. The summed E-state index contributed by atoms with van der Waals surface area (Å²) in [5.74, 6) is 3.29. The smallest absolute Gasteiger partial charge is 0.0118 e. The molecule has 0 radical (unpaired) electrons. The van der Waals surface area contributed by atoms with Gasteiger partial charge in [-0.25, -0.2) is 0 Å². The molecule has 0 heterocycles. The molecule has 0 spiro atoms. The number of hydrogen-bond acceptors (Lipinski definition) is 1. The van der Waals surface area contributed by atoms with Crippen LogP contribution >= 0.6 is 12.4 Å². The Bertz CT molecular complexity index is 212. The van der Waals surface area contributed by atoms with Gasteiger partial charge in [-0.1, -0.05) is 6.92 Å². The van der Waals surface area contributed by atoms with Crippen molar-refractivity contribution in [2.75, 3.05) is 7.05 Å². The molecule has 1 nitrogen and oxygen atoms in total. The zero-order chi connectivity index (χ0) is 10.5. The lowest BCUT2D eigenvalue weighted by atomic mass is 9.47. The van der Waals surface area contributed by atoms with E-state index in [-0.39, 0.29) is 12.4 Å². The molecule has 4 fully saturated rings. The molecule has 4 saturated carbocycles. The summed E-state index contributed by atoms with van der Waals surface area (Å²) in [5.41, 5.74) is 0.707. The third-order valence-corrected chi connectivity index (χ3v) is 5.58. The van der Waals surface area contributed by atoms with Gasteiger partial charge in [0.2, 0.25) is 0 Å². The highest BCUT2D eigenvalue weighted by Crippen LogP contribution is 2.61. The van der Waals surface area contributed by atoms with Crippen LogP contribution in [0.1, 0.15) is 51.9 Å². The van der Waals surface area contributed by atoms with Crippen LogP contribution in [0.15, 0.2) is 0 Å². The van der Waals surface area contributed by atoms with E-state index in [2.05, 4.69) is 19.3 Å². The van der Waals surface area contributed by atoms with Crippen LogP contribution < -0.4 is 5.32 Å². The third kappa shape index (κ3) is 1.80. The Balaban J connectivity index is 0.000000963. The molecular formula is C14H26ClN. The van der Waals surface area contributed by atoms with Crippen LogP contribution in [-0.2, 0) is 0 Å². The minimum atomic E-state index is 0. The molecular weight excluding hydrogens is 218 g/mol. The highest BCUT2D eigenvalue weighted by Gasteiger charge is 2.53. The Hall–Kier alpha value is 0.250. The Labute approximate surface area is 106 Å². The quantitative estimate of drug-likeness (QED) is 0.799. The van der Waals surface area contributed by atoms with E-state index in [1.807, 2.05) is 0 Å². The SMILES string of the molecule is CCC(NC)C12CC3CC(CC(C3)C1)C2.Cl. The first-order valence-electron chi connectivity index (χ1n) is 6.93. The summed E-state index contributed by atoms with van der Waals surface area (Å²) >= 11 is 0. The predicted octanol–water partition coefficient (Wildman–Crippen LogP) is 3.62. The normalized spacial score (nSPS) is 46.5. The molecule has 16 heavy (non-hydrogen) atoms. The van der Waals surface area contributed by atoms with E-state index in [0.717, 1.165) is 23.8 Å². The molecule has 0 aliphatic heterocycles. The van der Waals surface area contributed by atoms with Crippen molar-refractivity contribution in [3.05, 3.63) is 0 Å². The molecule has 94 valence electrons. The van der Waals surface area contributed by atoms with Crippen molar-refractivity contribution < 1.29 is 0 Å². The fraction of sp³-hybridized carbons (Fsp3) is 1.00. The van der Waals surface area contributed by atoms with Gasteiger partial charge in [0.25, 0.3) is 0 Å². The van der Waals surface area contributed by atoms with Crippen LogP contribution in [0.2, 0.25) is 0 Å². The van der Waals surface area contributed by atoms with Crippen molar-refractivity contribution in [2.24, 2.45) is 23.2 Å². The first-order chi connectivity index (χ1) is 7.25. The average molecular weight is 244 g/mol. The molecule has 4 rings (SSSR count). The zero-order valence-electron chi connectivity index (χ0n) is 10.7. The van der Waals surface area contributed by atoms with Crippen molar-refractivity contribution in [1.29, 1.82) is 0 Å². The van der Waals surface area contributed by atoms with Gasteiger partial charge in [0.1, 0.15) is 0 Å². The first-order valence-corrected chi connectivity index (χ1v) is 6.93. The van der Waals surface area contributed by atoms with Gasteiger partial charge in [0.15, 0.2) is 0 Å². The second-order valence-electron chi connectivity index (χ2n) is 6.53. The second-order valence-corrected chi connectivity index (χ2v) is 6.53. The van der Waals surface area contributed by atoms with Crippen LogP contribution in [0.5, 0.6) is 0 Å². The van der Waals surface area contributed by atoms with Gasteiger partial charge in [0, 0.05) is 6.04 Å². The van der Waals surface area contributed by atoms with Crippen molar-refractivity contribution in [3.8, 4) is 0 Å². The van der Waals surface area contributed by atoms with Crippen molar-refractivity contribution in [2.45, 2.75) is 57.9 Å². The summed E-state index contributed by atoms with van der Waals surface area (Å²) in [6.45, 7) is 2.36. The summed E-state index contributed by atoms with van der Waals surface area (Å²) in [4.78, 5) is 0. The number of rotatable bonds is 3. The number of nitrogens with one attached hydrogen (secondary N) is 1. The number of halogens is 1. The molecule has 0 saturated heterocycles. The summed E-state index contributed by atoms with van der Waals surface area (Å²) in [7, 11) is 2.17. The maximum absolute atomic E-state index is 3.61. The van der Waals surface area contributed by atoms with Crippen LogP contribution in [0, 0.1) is 23.2 Å². The van der Waals surface area contributed by atoms with Gasteiger partial charge < -0.3 is 5.32 Å². The van der Waals surface area contributed by atoms with Gasteiger partial charge in [-0.3, -0.25) is 0 Å². The maximum atomic E-state index is 3.61. The molecule has 4 bridgehead atoms. The van der Waals surface area contributed by atoms with Crippen LogP contribution in [-0.4, -0.2) is 13.1 Å². The molecule has 1 N–H and O–H groups in total. The molecule has 1 atom stereocenters. The second kappa shape index (κ2) is 4.49. The fourth-order valence-electron chi connectivity index (χ4n) is 5.55. The topological polar surface area (TPSA) is 12.0 Å². The zero-order valence-corrected chi connectivity index (χ0v) is 11.5. The van der Waals surface area contributed by atoms with Crippen molar-refractivity contribution in [1.82, 2.24) is 5.32 Å². The summed E-state index contributed by atoms with van der Waals surface area (Å²) in [5, 5.41) is 3.61. The maximum Gasteiger partial charge on any atom is 0.0118 e. The minimum Gasteiger partial charge on any atom is -0.316 e. The molecule has 0 aromatic heterocycles. The highest BCUT2D eigenvalue weighted by atomic mass is 35.5. The van der Waals surface area contributed by atoms with E-state index in [0.29, 0.717) is 5.41 Å². The predicted molar refractivity (Wildman–Crippen MR) is 71.0 cm³/mol. The lowest BCUT2D eigenvalue weighted by Crippen LogP contribution is -2.55. The van der Waals surface area contributed by atoms with Gasteiger partial charge in [-0.2, -0.15) is 0 Å². The highest BCUT2D eigenvalue weighted by molar-refractivity contribution is 5.85. The Morgan fingerprint density at radius 1 is 1.06 bits per heavy atom. The largest absolute Gasteiger partial charge is 0.316 e. The van der Waals surface area contributed by atoms with E-state index in [1.165, 1.54) is 6.42 Å². The van der Waals surface area contributed by atoms with Crippen LogP contribution in [0.25, 0.3) is 0 Å². The van der Waals surface area contributed by atoms with E-state index >= 15 is 0 Å². The molecule has 1 unspecified atom stereocenters. The average Bonchev–Trinajstić information content (AvgIpc) is 2.16. The first kappa shape index (κ1) is 12.7. The number of hydrogen-bond donors (Lipinski definition) is 1. The van der Waals surface area contributed by atoms with Crippen LogP contribution in [0.4, 0.5) is 0 Å². The van der Waals surface area contributed by atoms with Gasteiger partial charge in [0.05, 0.1) is 0 Å². The Kier molecular flexibility index (Phi) is 3.57. The van der Waals surface area contributed by atoms with Crippen LogP contribution in [0.3, 0.4) is 0 Å². The fourth-order valence-corrected chi connectivity index (χ4v) is 5.55. The molecule has 0 aromatic rings. The molecule has 2 heteroatoms. The van der Waals surface area contributed by atoms with Crippen molar-refractivity contribution >= 4 is 12.4 Å². The van der Waals surface area contributed by atoms with Gasteiger partial charge in [-0.05, 0) is 75.2 Å². The van der Waals surface area contributed by atoms with E-state index in [9.17, 15) is 0 Å². The third-order valence-electron chi connectivity index (χ3n) is 5.58. The lowest BCUT2D eigenvalue weighted by molar-refractivity contribution is -0.0731. The van der Waals surface area contributed by atoms with E-state index in [4.69, 9.17) is 0 Å². The summed E-state index contributed by atoms with van der Waals surface area (Å²) in [6, 6.07) is 0.797. The lowest BCUT2D eigenvalue weighted by Gasteiger charge is -2.59. The van der Waals surface area contributed by atoms with E-state index in [1.54, 1.807) is 38.5 Å². The monoisotopic (exact) mass is 243 g/mol. The Morgan fingerprint density at radius 2 is 1.50 bits per heavy atom. The summed E-state index contributed by atoms with van der Waals surface area (Å²) < 4.78 is 0. The summed E-state index contributed by atoms with van der Waals surface area (Å²) in [6.07, 6.45) is 10.6. The van der Waals surface area contributed by atoms with Gasteiger partial charge >= 0.3 is 0 Å². The molecule has 4 aliphatic carbocycles. The minimum absolute atomic E-state index is 0.